The molecule has 0 aromatic rings. The zero-order valence-corrected chi connectivity index (χ0v) is 22.8. The average Bonchev–Trinajstić information content (AvgIpc) is 3.12. The third-order valence-corrected chi connectivity index (χ3v) is 11.4. The molecule has 0 amide bonds. The molecule has 4 aliphatic rings. The maximum absolute atomic E-state index is 11.5. The molecule has 4 saturated carbocycles. The first-order chi connectivity index (χ1) is 15.8. The second-order valence-electron chi connectivity index (χ2n) is 13.5. The quantitative estimate of drug-likeness (QED) is 0.561. The Morgan fingerprint density at radius 1 is 1.00 bits per heavy atom. The van der Waals surface area contributed by atoms with Gasteiger partial charge in [-0.25, -0.2) is 0 Å². The Morgan fingerprint density at radius 2 is 1.65 bits per heavy atom. The van der Waals surface area contributed by atoms with Gasteiger partial charge in [0.1, 0.15) is 0 Å². The predicted molar refractivity (Wildman–Crippen MR) is 133 cm³/mol. The van der Waals surface area contributed by atoms with E-state index in [9.17, 15) is 20.1 Å². The van der Waals surface area contributed by atoms with Crippen molar-refractivity contribution in [1.29, 1.82) is 0 Å². The van der Waals surface area contributed by atoms with E-state index in [1.54, 1.807) is 0 Å². The number of aliphatic carboxylic acids is 1. The molecule has 34 heavy (non-hydrogen) atoms. The van der Waals surface area contributed by atoms with Crippen molar-refractivity contribution in [3.63, 3.8) is 0 Å². The van der Waals surface area contributed by atoms with Crippen molar-refractivity contribution in [2.75, 3.05) is 0 Å². The molecule has 0 saturated heterocycles. The maximum atomic E-state index is 11.5. The lowest BCUT2D eigenvalue weighted by Crippen LogP contribution is -2.61. The third kappa shape index (κ3) is 5.22. The van der Waals surface area contributed by atoms with Crippen LogP contribution in [0.3, 0.4) is 0 Å². The summed E-state index contributed by atoms with van der Waals surface area (Å²) in [5, 5.41) is 32.6. The molecular formula is C29H53NO4. The Hall–Kier alpha value is -0.650. The standard InChI is InChI=1S/C24H40O4.C5H13N/c1-14(4-9-22(27)28)18-7-8-19-17-6-5-15-12-16(25)10-11-23(15,2)20(17)13-21(26)24(18,19)3;1-4(2)5(3)6/h14-21,25-26H,4-13H2,1-3H3,(H,27,28);4-5H,6H2,1-3H3/t14-,15-,16-,17+,18-,19+,20+,21+,23+,24-;5-/m10/s1. The molecule has 0 heterocycles. The minimum atomic E-state index is -0.957. The number of carbonyl (C=O) groups excluding carboxylic acids is 1. The van der Waals surface area contributed by atoms with Crippen molar-refractivity contribution in [1.82, 2.24) is 0 Å². The van der Waals surface area contributed by atoms with Crippen molar-refractivity contribution in [2.24, 2.45) is 52.3 Å². The van der Waals surface area contributed by atoms with Crippen LogP contribution in [0, 0.1) is 52.3 Å². The molecule has 0 bridgehead atoms. The monoisotopic (exact) mass is 479 g/mol. The van der Waals surface area contributed by atoms with Gasteiger partial charge in [0.05, 0.1) is 18.2 Å². The van der Waals surface area contributed by atoms with Gasteiger partial charge in [0, 0.05) is 11.9 Å². The molecule has 4 rings (SSSR count). The topological polar surface area (TPSA) is 108 Å². The van der Waals surface area contributed by atoms with E-state index in [-0.39, 0.29) is 29.5 Å². The Labute approximate surface area is 208 Å². The van der Waals surface area contributed by atoms with Gasteiger partial charge in [0.2, 0.25) is 0 Å². The molecule has 5 nitrogen and oxygen atoms in total. The fourth-order valence-electron chi connectivity index (χ4n) is 8.71. The molecule has 0 aromatic heterocycles. The first-order valence-corrected chi connectivity index (χ1v) is 14.2. The molecule has 4 fully saturated rings. The van der Waals surface area contributed by atoms with Crippen LogP contribution in [0.5, 0.6) is 0 Å². The van der Waals surface area contributed by atoms with Crippen LogP contribution in [-0.2, 0) is 4.79 Å². The summed E-state index contributed by atoms with van der Waals surface area (Å²) >= 11 is 0. The number of fused-ring (bicyclic) bond motifs is 5. The number of aliphatic hydroxyl groups is 2. The van der Waals surface area contributed by atoms with Crippen molar-refractivity contribution in [2.45, 2.75) is 124 Å². The van der Waals surface area contributed by atoms with Crippen LogP contribution in [0.1, 0.15) is 106 Å². The van der Waals surface area contributed by atoms with Crippen LogP contribution in [0.25, 0.3) is 0 Å². The number of carboxylic acid groups (broad SMARTS) is 1. The van der Waals surface area contributed by atoms with Crippen LogP contribution in [0.15, 0.2) is 0 Å². The van der Waals surface area contributed by atoms with E-state index in [0.29, 0.717) is 48.0 Å². The van der Waals surface area contributed by atoms with Gasteiger partial charge in [-0.2, -0.15) is 0 Å². The summed E-state index contributed by atoms with van der Waals surface area (Å²) in [4.78, 5) is 10.9. The Balaban J connectivity index is 0.000000481. The van der Waals surface area contributed by atoms with E-state index in [0.717, 1.165) is 38.0 Å². The van der Waals surface area contributed by atoms with E-state index < -0.39 is 5.97 Å². The van der Waals surface area contributed by atoms with Gasteiger partial charge in [-0.3, -0.25) is 0 Å². The van der Waals surface area contributed by atoms with Gasteiger partial charge in [0.25, 0.3) is 0 Å². The smallest absolute Gasteiger partial charge is 0.0838 e. The SMILES string of the molecule is CC(C)[C@H](C)[NH3+].C[C@H](CCC(=O)[O-])[C@H]1CC[C@H]2[C@@H]3CC[C@@H]4C[C@H](O)CC[C@]4(C)[C@H]3C[C@H](O)[C@]12C. The summed E-state index contributed by atoms with van der Waals surface area (Å²) in [7, 11) is 0. The summed E-state index contributed by atoms with van der Waals surface area (Å²) in [5.74, 6) is 2.93. The van der Waals surface area contributed by atoms with E-state index in [1.165, 1.54) is 19.3 Å². The summed E-state index contributed by atoms with van der Waals surface area (Å²) in [6.07, 6.45) is 8.98. The van der Waals surface area contributed by atoms with E-state index in [2.05, 4.69) is 47.3 Å². The lowest BCUT2D eigenvalue weighted by Gasteiger charge is -2.62. The minimum Gasteiger partial charge on any atom is -0.550 e. The molecule has 5 N–H and O–H groups in total. The van der Waals surface area contributed by atoms with E-state index >= 15 is 0 Å². The maximum Gasteiger partial charge on any atom is 0.0838 e. The van der Waals surface area contributed by atoms with E-state index in [4.69, 9.17) is 0 Å². The number of rotatable bonds is 5. The second-order valence-corrected chi connectivity index (χ2v) is 13.5. The highest BCUT2D eigenvalue weighted by Crippen LogP contribution is 2.68. The number of aliphatic hydroxyl groups excluding tert-OH is 2. The molecule has 198 valence electrons. The summed E-state index contributed by atoms with van der Waals surface area (Å²) in [6.45, 7) is 13.4. The highest BCUT2D eigenvalue weighted by molar-refractivity contribution is 5.64. The van der Waals surface area contributed by atoms with Crippen LogP contribution in [-0.4, -0.2) is 34.4 Å². The van der Waals surface area contributed by atoms with Gasteiger partial charge < -0.3 is 25.8 Å². The Morgan fingerprint density at radius 3 is 2.24 bits per heavy atom. The number of quaternary nitrogens is 1. The first-order valence-electron chi connectivity index (χ1n) is 14.2. The second kappa shape index (κ2) is 10.8. The van der Waals surface area contributed by atoms with E-state index in [1.807, 2.05) is 0 Å². The summed E-state index contributed by atoms with van der Waals surface area (Å²) in [5.41, 5.74) is 4.03. The number of carboxylic acids is 1. The molecule has 0 spiro atoms. The fourth-order valence-corrected chi connectivity index (χ4v) is 8.71. The lowest BCUT2D eigenvalue weighted by atomic mass is 9.43. The largest absolute Gasteiger partial charge is 0.550 e. The summed E-state index contributed by atoms with van der Waals surface area (Å²) < 4.78 is 0. The third-order valence-electron chi connectivity index (χ3n) is 11.4. The van der Waals surface area contributed by atoms with Crippen LogP contribution < -0.4 is 10.8 Å². The normalized spacial score (nSPS) is 45.3. The predicted octanol–water partition coefficient (Wildman–Crippen LogP) is 3.42. The van der Waals surface area contributed by atoms with Crippen LogP contribution >= 0.6 is 0 Å². The number of hydrogen-bond acceptors (Lipinski definition) is 4. The fraction of sp³-hybridized carbons (Fsp3) is 0.966. The molecule has 11 atom stereocenters. The zero-order chi connectivity index (χ0) is 25.4. The lowest BCUT2D eigenvalue weighted by molar-refractivity contribution is -0.424. The minimum absolute atomic E-state index is 0.0795. The Bertz CT molecular complexity index is 690. The number of carbonyl (C=O) groups is 1. The highest BCUT2D eigenvalue weighted by atomic mass is 16.4. The molecule has 0 aliphatic heterocycles. The average molecular weight is 480 g/mol. The van der Waals surface area contributed by atoms with Crippen molar-refractivity contribution < 1.29 is 25.8 Å². The first kappa shape index (κ1) is 27.9. The number of hydrogen-bond donors (Lipinski definition) is 3. The Kier molecular flexibility index (Phi) is 8.84. The van der Waals surface area contributed by atoms with Gasteiger partial charge >= 0.3 is 0 Å². The highest BCUT2D eigenvalue weighted by Gasteiger charge is 2.63. The molecular weight excluding hydrogens is 426 g/mol. The van der Waals surface area contributed by atoms with Crippen molar-refractivity contribution >= 4 is 5.97 Å². The zero-order valence-electron chi connectivity index (χ0n) is 22.8. The molecule has 0 aromatic carbocycles. The summed E-state index contributed by atoms with van der Waals surface area (Å²) in [6, 6.07) is 0.602. The van der Waals surface area contributed by atoms with Gasteiger partial charge in [-0.05, 0) is 117 Å². The van der Waals surface area contributed by atoms with Gasteiger partial charge in [0.15, 0.2) is 0 Å². The van der Waals surface area contributed by atoms with Crippen molar-refractivity contribution in [3.8, 4) is 0 Å². The van der Waals surface area contributed by atoms with Crippen LogP contribution in [0.2, 0.25) is 0 Å². The van der Waals surface area contributed by atoms with Gasteiger partial charge in [-0.15, -0.1) is 0 Å². The van der Waals surface area contributed by atoms with Crippen molar-refractivity contribution in [3.05, 3.63) is 0 Å². The van der Waals surface area contributed by atoms with Gasteiger partial charge in [-0.1, -0.05) is 34.6 Å². The van der Waals surface area contributed by atoms with Crippen LogP contribution in [0.4, 0.5) is 0 Å². The molecule has 0 unspecified atom stereocenters. The molecule has 4 aliphatic carbocycles. The molecule has 5 heteroatoms. The molecule has 0 radical (unpaired) electrons.